The van der Waals surface area contributed by atoms with Crippen molar-refractivity contribution in [1.29, 1.82) is 0 Å². The lowest BCUT2D eigenvalue weighted by Gasteiger charge is -2.22. The van der Waals surface area contributed by atoms with Crippen LogP contribution in [0.4, 0.5) is 0 Å². The van der Waals surface area contributed by atoms with Crippen LogP contribution in [0, 0.1) is 0 Å². The molecule has 0 aliphatic carbocycles. The summed E-state index contributed by atoms with van der Waals surface area (Å²) in [6.07, 6.45) is 48.5. The number of amides is 1. The second-order valence-corrected chi connectivity index (χ2v) is 12.3. The molecule has 0 spiro atoms. The van der Waals surface area contributed by atoms with Crippen LogP contribution >= 0.6 is 0 Å². The molecule has 2 atom stereocenters. The van der Waals surface area contributed by atoms with Gasteiger partial charge in [-0.3, -0.25) is 4.79 Å². The molecule has 0 heterocycles. The topological polar surface area (TPSA) is 69.6 Å². The Morgan fingerprint density at radius 2 is 0.977 bits per heavy atom. The summed E-state index contributed by atoms with van der Waals surface area (Å²) in [6.45, 7) is 4.20. The minimum atomic E-state index is -0.683. The Morgan fingerprint density at radius 1 is 0.568 bits per heavy atom. The first-order valence-electron chi connectivity index (χ1n) is 18.5. The van der Waals surface area contributed by atoms with Crippen LogP contribution in [0.5, 0.6) is 0 Å². The number of carbonyl (C=O) groups is 1. The number of allylic oxidation sites excluding steroid dienone is 10. The zero-order valence-electron chi connectivity index (χ0n) is 28.9. The van der Waals surface area contributed by atoms with Gasteiger partial charge in [0.15, 0.2) is 0 Å². The summed E-state index contributed by atoms with van der Waals surface area (Å²) < 4.78 is 0. The number of aliphatic hydroxyl groups is 2. The Kier molecular flexibility index (Phi) is 34.0. The van der Waals surface area contributed by atoms with Gasteiger partial charge in [0, 0.05) is 6.42 Å². The Labute approximate surface area is 273 Å². The third-order valence-corrected chi connectivity index (χ3v) is 8.04. The first kappa shape index (κ1) is 42.1. The molecule has 0 saturated heterocycles. The molecule has 4 nitrogen and oxygen atoms in total. The maximum absolute atomic E-state index is 12.3. The maximum atomic E-state index is 12.3. The minimum Gasteiger partial charge on any atom is -0.394 e. The lowest BCUT2D eigenvalue weighted by Crippen LogP contribution is -2.45. The van der Waals surface area contributed by atoms with E-state index in [1.54, 1.807) is 0 Å². The molecule has 44 heavy (non-hydrogen) atoms. The van der Waals surface area contributed by atoms with E-state index in [-0.39, 0.29) is 12.5 Å². The molecule has 0 fully saturated rings. The summed E-state index contributed by atoms with van der Waals surface area (Å²) in [5, 5.41) is 23.0. The molecule has 1 amide bonds. The van der Waals surface area contributed by atoms with Crippen molar-refractivity contribution < 1.29 is 15.0 Å². The van der Waals surface area contributed by atoms with Crippen molar-refractivity contribution in [3.05, 3.63) is 60.8 Å². The van der Waals surface area contributed by atoms with Crippen LogP contribution in [0.2, 0.25) is 0 Å². The number of nitrogens with one attached hydrogen (secondary N) is 1. The molecule has 0 aliphatic rings. The monoisotopic (exact) mass is 614 g/mol. The van der Waals surface area contributed by atoms with Crippen molar-refractivity contribution in [2.24, 2.45) is 0 Å². The molecule has 0 rings (SSSR count). The van der Waals surface area contributed by atoms with Crippen molar-refractivity contribution in [3.8, 4) is 0 Å². The first-order chi connectivity index (χ1) is 21.7. The van der Waals surface area contributed by atoms with Crippen molar-refractivity contribution in [1.82, 2.24) is 5.32 Å². The third-order valence-electron chi connectivity index (χ3n) is 8.04. The number of hydrogen-bond acceptors (Lipinski definition) is 3. The fourth-order valence-electron chi connectivity index (χ4n) is 5.22. The zero-order valence-corrected chi connectivity index (χ0v) is 28.9. The van der Waals surface area contributed by atoms with Gasteiger partial charge in [-0.25, -0.2) is 0 Å². The summed E-state index contributed by atoms with van der Waals surface area (Å²) in [4.78, 5) is 12.3. The number of aliphatic hydroxyl groups excluding tert-OH is 2. The van der Waals surface area contributed by atoms with Crippen LogP contribution in [0.25, 0.3) is 0 Å². The van der Waals surface area contributed by atoms with E-state index >= 15 is 0 Å². The van der Waals surface area contributed by atoms with Crippen molar-refractivity contribution in [3.63, 3.8) is 0 Å². The maximum Gasteiger partial charge on any atom is 0.220 e. The van der Waals surface area contributed by atoms with E-state index in [0.717, 1.165) is 57.8 Å². The fraction of sp³-hybridized carbons (Fsp3) is 0.725. The van der Waals surface area contributed by atoms with E-state index in [2.05, 4.69) is 79.9 Å². The van der Waals surface area contributed by atoms with Crippen LogP contribution in [0.3, 0.4) is 0 Å². The molecule has 0 aromatic rings. The van der Waals surface area contributed by atoms with E-state index in [1.165, 1.54) is 83.5 Å². The lowest BCUT2D eigenvalue weighted by molar-refractivity contribution is -0.123. The molecule has 4 heteroatoms. The quantitative estimate of drug-likeness (QED) is 0.0522. The zero-order chi connectivity index (χ0) is 32.2. The largest absolute Gasteiger partial charge is 0.394 e. The van der Waals surface area contributed by atoms with Gasteiger partial charge in [0.05, 0.1) is 18.8 Å². The highest BCUT2D eigenvalue weighted by Gasteiger charge is 2.19. The van der Waals surface area contributed by atoms with E-state index in [0.29, 0.717) is 12.8 Å². The number of unbranched alkanes of at least 4 members (excludes halogenated alkanes) is 15. The minimum absolute atomic E-state index is 0.0908. The standard InChI is InChI=1S/C40H71NO3/c1-3-5-7-9-11-13-15-17-19-20-22-24-26-28-30-32-34-36-40(44)41-38(37-42)39(43)35-33-31-29-27-25-23-21-18-16-14-12-10-8-6-4-2/h5,7,11,13,17,19,22,24,28,30,38-39,42-43H,3-4,6,8-10,12,14-16,18,20-21,23,25-27,29,31-37H2,1-2H3,(H,41,44)/b7-5-,13-11-,19-17-,24-22-,30-28-. The Morgan fingerprint density at radius 3 is 1.41 bits per heavy atom. The summed E-state index contributed by atoms with van der Waals surface area (Å²) in [5.74, 6) is -0.0908. The van der Waals surface area contributed by atoms with Gasteiger partial charge in [-0.1, -0.05) is 171 Å². The molecular weight excluding hydrogens is 542 g/mol. The van der Waals surface area contributed by atoms with Crippen LogP contribution in [-0.4, -0.2) is 34.9 Å². The SMILES string of the molecule is CC/C=C\C/C=C\C/C=C\C/C=C\C/C=C\CCCC(=O)NC(CO)C(O)CCCCCCCCCCCCCCCCC. The van der Waals surface area contributed by atoms with Gasteiger partial charge < -0.3 is 15.5 Å². The predicted octanol–water partition coefficient (Wildman–Crippen LogP) is 11.0. The van der Waals surface area contributed by atoms with E-state index in [1.807, 2.05) is 0 Å². The Balaban J connectivity index is 3.70. The average Bonchev–Trinajstić information content (AvgIpc) is 3.03. The number of carbonyl (C=O) groups excluding carboxylic acids is 1. The second kappa shape index (κ2) is 35.6. The highest BCUT2D eigenvalue weighted by Crippen LogP contribution is 2.15. The summed E-state index contributed by atoms with van der Waals surface area (Å²) in [6, 6.07) is -0.567. The Bertz CT molecular complexity index is 752. The van der Waals surface area contributed by atoms with E-state index in [4.69, 9.17) is 0 Å². The third kappa shape index (κ3) is 31.5. The van der Waals surface area contributed by atoms with E-state index < -0.39 is 12.1 Å². The van der Waals surface area contributed by atoms with Gasteiger partial charge in [0.2, 0.25) is 5.91 Å². The lowest BCUT2D eigenvalue weighted by atomic mass is 10.0. The molecule has 0 aromatic heterocycles. The highest BCUT2D eigenvalue weighted by atomic mass is 16.3. The highest BCUT2D eigenvalue weighted by molar-refractivity contribution is 5.76. The molecule has 0 saturated carbocycles. The summed E-state index contributed by atoms with van der Waals surface area (Å²) in [7, 11) is 0. The fourth-order valence-corrected chi connectivity index (χ4v) is 5.22. The first-order valence-corrected chi connectivity index (χ1v) is 18.5. The van der Waals surface area contributed by atoms with Crippen molar-refractivity contribution in [2.75, 3.05) is 6.61 Å². The van der Waals surface area contributed by atoms with Gasteiger partial charge in [-0.15, -0.1) is 0 Å². The number of hydrogen-bond donors (Lipinski definition) is 3. The molecule has 0 aromatic carbocycles. The van der Waals surface area contributed by atoms with Gasteiger partial charge in [-0.05, 0) is 51.4 Å². The average molecular weight is 614 g/mol. The molecule has 2 unspecified atom stereocenters. The summed E-state index contributed by atoms with van der Waals surface area (Å²) in [5.41, 5.74) is 0. The van der Waals surface area contributed by atoms with Crippen LogP contribution in [0.15, 0.2) is 60.8 Å². The molecule has 0 aliphatic heterocycles. The second-order valence-electron chi connectivity index (χ2n) is 12.3. The van der Waals surface area contributed by atoms with Gasteiger partial charge in [0.25, 0.3) is 0 Å². The molecule has 254 valence electrons. The predicted molar refractivity (Wildman–Crippen MR) is 193 cm³/mol. The van der Waals surface area contributed by atoms with Crippen LogP contribution < -0.4 is 5.32 Å². The number of rotatable bonds is 32. The smallest absolute Gasteiger partial charge is 0.220 e. The summed E-state index contributed by atoms with van der Waals surface area (Å²) >= 11 is 0. The molecule has 0 radical (unpaired) electrons. The molecule has 3 N–H and O–H groups in total. The van der Waals surface area contributed by atoms with Crippen LogP contribution in [0.1, 0.15) is 168 Å². The normalized spacial score (nSPS) is 13.8. The van der Waals surface area contributed by atoms with Crippen molar-refractivity contribution in [2.45, 2.75) is 180 Å². The van der Waals surface area contributed by atoms with Crippen LogP contribution in [-0.2, 0) is 4.79 Å². The molecule has 0 bridgehead atoms. The Hall–Kier alpha value is -1.91. The van der Waals surface area contributed by atoms with Gasteiger partial charge >= 0.3 is 0 Å². The molecular formula is C40H71NO3. The van der Waals surface area contributed by atoms with Gasteiger partial charge in [-0.2, -0.15) is 0 Å². The van der Waals surface area contributed by atoms with E-state index in [9.17, 15) is 15.0 Å². The van der Waals surface area contributed by atoms with Gasteiger partial charge in [0.1, 0.15) is 0 Å². The van der Waals surface area contributed by atoms with Crippen molar-refractivity contribution >= 4 is 5.91 Å².